The summed E-state index contributed by atoms with van der Waals surface area (Å²) in [5, 5.41) is 0. The summed E-state index contributed by atoms with van der Waals surface area (Å²) in [7, 11) is 0. The van der Waals surface area contributed by atoms with Gasteiger partial charge in [0.05, 0.1) is 6.61 Å². The molecule has 0 aliphatic carbocycles. The van der Waals surface area contributed by atoms with Crippen LogP contribution in [0.15, 0.2) is 54.6 Å². The van der Waals surface area contributed by atoms with E-state index in [-0.39, 0.29) is 30.9 Å². The van der Waals surface area contributed by atoms with Gasteiger partial charge in [-0.15, -0.1) is 0 Å². The highest BCUT2D eigenvalue weighted by Gasteiger charge is 2.39. The zero-order chi connectivity index (χ0) is 20.6. The lowest BCUT2D eigenvalue weighted by molar-refractivity contribution is -0.129. The number of carbonyl (C=O) groups excluding carboxylic acids is 2. The standard InChI is InChI=1S/C24H29NO4/c1-3-5-14-28-21-13-9-12-20(15-21)18(4-2)16-23(26)25-22(17-29-24(25)27)19-10-7-6-8-11-19/h6-13,15,18,22H,3-5,14,16-17H2,1-2H3/t18-,22+/m1/s1. The Labute approximate surface area is 172 Å². The van der Waals surface area contributed by atoms with Crippen LogP contribution in [0.4, 0.5) is 4.79 Å². The van der Waals surface area contributed by atoms with Crippen LogP contribution in [0.25, 0.3) is 0 Å². The third-order valence-corrected chi connectivity index (χ3v) is 5.34. The Hall–Kier alpha value is -2.82. The minimum Gasteiger partial charge on any atom is -0.494 e. The molecule has 2 aromatic carbocycles. The van der Waals surface area contributed by atoms with Gasteiger partial charge in [-0.3, -0.25) is 4.79 Å². The number of amides is 2. The number of nitrogens with zero attached hydrogens (tertiary/aromatic N) is 1. The molecule has 0 spiro atoms. The first-order valence-electron chi connectivity index (χ1n) is 10.4. The largest absolute Gasteiger partial charge is 0.494 e. The molecule has 0 unspecified atom stereocenters. The molecule has 2 aromatic rings. The van der Waals surface area contributed by atoms with Gasteiger partial charge in [0.25, 0.3) is 0 Å². The third kappa shape index (κ3) is 5.17. The minimum atomic E-state index is -0.560. The molecule has 2 atom stereocenters. The molecule has 1 heterocycles. The summed E-state index contributed by atoms with van der Waals surface area (Å²) in [6.07, 6.45) is 2.59. The smallest absolute Gasteiger partial charge is 0.417 e. The van der Waals surface area contributed by atoms with Gasteiger partial charge in [-0.1, -0.05) is 62.7 Å². The Morgan fingerprint density at radius 2 is 1.97 bits per heavy atom. The normalized spacial score (nSPS) is 17.1. The Morgan fingerprint density at radius 3 is 2.69 bits per heavy atom. The average Bonchev–Trinajstić information content (AvgIpc) is 3.14. The quantitative estimate of drug-likeness (QED) is 0.528. The van der Waals surface area contributed by atoms with E-state index in [1.807, 2.05) is 54.6 Å². The van der Waals surface area contributed by atoms with Crippen molar-refractivity contribution < 1.29 is 19.1 Å². The second-order valence-corrected chi connectivity index (χ2v) is 7.35. The van der Waals surface area contributed by atoms with Gasteiger partial charge in [-0.2, -0.15) is 0 Å². The highest BCUT2D eigenvalue weighted by Crippen LogP contribution is 2.32. The summed E-state index contributed by atoms with van der Waals surface area (Å²) in [6.45, 7) is 5.07. The van der Waals surface area contributed by atoms with Crippen molar-refractivity contribution in [3.8, 4) is 5.75 Å². The van der Waals surface area contributed by atoms with E-state index in [9.17, 15) is 9.59 Å². The van der Waals surface area contributed by atoms with Gasteiger partial charge >= 0.3 is 6.09 Å². The number of hydrogen-bond donors (Lipinski definition) is 0. The van der Waals surface area contributed by atoms with Gasteiger partial charge in [-0.25, -0.2) is 9.69 Å². The molecule has 29 heavy (non-hydrogen) atoms. The van der Waals surface area contributed by atoms with Gasteiger partial charge in [0.2, 0.25) is 5.91 Å². The Bertz CT molecular complexity index is 821. The van der Waals surface area contributed by atoms with E-state index in [2.05, 4.69) is 13.8 Å². The Kier molecular flexibility index (Phi) is 7.28. The Balaban J connectivity index is 1.72. The predicted molar refractivity (Wildman–Crippen MR) is 112 cm³/mol. The van der Waals surface area contributed by atoms with Crippen molar-refractivity contribution in [3.05, 3.63) is 65.7 Å². The van der Waals surface area contributed by atoms with Gasteiger partial charge < -0.3 is 9.47 Å². The summed E-state index contributed by atoms with van der Waals surface area (Å²) in [6, 6.07) is 17.1. The van der Waals surface area contributed by atoms with Crippen molar-refractivity contribution in [2.45, 2.75) is 51.5 Å². The lowest BCUT2D eigenvalue weighted by Gasteiger charge is -2.23. The topological polar surface area (TPSA) is 55.8 Å². The summed E-state index contributed by atoms with van der Waals surface area (Å²) in [4.78, 5) is 26.6. The first-order valence-corrected chi connectivity index (χ1v) is 10.4. The molecule has 154 valence electrons. The fourth-order valence-electron chi connectivity index (χ4n) is 3.62. The van der Waals surface area contributed by atoms with Crippen LogP contribution in [0.5, 0.6) is 5.75 Å². The predicted octanol–water partition coefficient (Wildman–Crippen LogP) is 5.47. The number of carbonyl (C=O) groups is 2. The molecule has 1 saturated heterocycles. The second kappa shape index (κ2) is 10.1. The highest BCUT2D eigenvalue weighted by atomic mass is 16.6. The van der Waals surface area contributed by atoms with Gasteiger partial charge in [-0.05, 0) is 42.0 Å². The van der Waals surface area contributed by atoms with Crippen LogP contribution in [-0.2, 0) is 9.53 Å². The zero-order valence-corrected chi connectivity index (χ0v) is 17.2. The highest BCUT2D eigenvalue weighted by molar-refractivity contribution is 5.94. The maximum Gasteiger partial charge on any atom is 0.417 e. The van der Waals surface area contributed by atoms with Gasteiger partial charge in [0.15, 0.2) is 0 Å². The van der Waals surface area contributed by atoms with E-state index in [0.29, 0.717) is 6.61 Å². The molecule has 3 rings (SSSR count). The molecular formula is C24H29NO4. The first-order chi connectivity index (χ1) is 14.1. The molecule has 1 aliphatic heterocycles. The van der Waals surface area contributed by atoms with Crippen LogP contribution in [0.2, 0.25) is 0 Å². The average molecular weight is 395 g/mol. The summed E-state index contributed by atoms with van der Waals surface area (Å²) < 4.78 is 11.0. The molecule has 5 heteroatoms. The van der Waals surface area contributed by atoms with Crippen LogP contribution < -0.4 is 4.74 Å². The van der Waals surface area contributed by atoms with Crippen molar-refractivity contribution in [1.29, 1.82) is 0 Å². The van der Waals surface area contributed by atoms with Crippen LogP contribution in [0, 0.1) is 0 Å². The maximum atomic E-state index is 13.1. The first kappa shape index (κ1) is 20.9. The molecule has 1 fully saturated rings. The van der Waals surface area contributed by atoms with E-state index in [0.717, 1.165) is 36.1 Å². The second-order valence-electron chi connectivity index (χ2n) is 7.35. The number of benzene rings is 2. The molecule has 0 N–H and O–H groups in total. The van der Waals surface area contributed by atoms with Crippen molar-refractivity contribution in [2.24, 2.45) is 0 Å². The number of ether oxygens (including phenoxy) is 2. The Morgan fingerprint density at radius 1 is 1.17 bits per heavy atom. The van der Waals surface area contributed by atoms with Crippen molar-refractivity contribution >= 4 is 12.0 Å². The lowest BCUT2D eigenvalue weighted by atomic mass is 9.92. The van der Waals surface area contributed by atoms with Crippen molar-refractivity contribution in [1.82, 2.24) is 4.90 Å². The van der Waals surface area contributed by atoms with Crippen LogP contribution >= 0.6 is 0 Å². The summed E-state index contributed by atoms with van der Waals surface area (Å²) >= 11 is 0. The molecular weight excluding hydrogens is 366 g/mol. The molecule has 0 aromatic heterocycles. The number of hydrogen-bond acceptors (Lipinski definition) is 4. The number of cyclic esters (lactones) is 1. The number of imide groups is 1. The zero-order valence-electron chi connectivity index (χ0n) is 17.2. The van der Waals surface area contributed by atoms with Crippen molar-refractivity contribution in [2.75, 3.05) is 13.2 Å². The number of rotatable bonds is 9. The molecule has 0 radical (unpaired) electrons. The van der Waals surface area contributed by atoms with Crippen molar-refractivity contribution in [3.63, 3.8) is 0 Å². The molecule has 0 saturated carbocycles. The van der Waals surface area contributed by atoms with E-state index in [4.69, 9.17) is 9.47 Å². The molecule has 2 amide bonds. The van der Waals surface area contributed by atoms with E-state index >= 15 is 0 Å². The van der Waals surface area contributed by atoms with E-state index in [1.165, 1.54) is 4.90 Å². The molecule has 0 bridgehead atoms. The van der Waals surface area contributed by atoms with Gasteiger partial charge in [0.1, 0.15) is 18.4 Å². The van der Waals surface area contributed by atoms with E-state index in [1.54, 1.807) is 0 Å². The summed E-state index contributed by atoms with van der Waals surface area (Å²) in [5.74, 6) is 0.636. The molecule has 5 nitrogen and oxygen atoms in total. The maximum absolute atomic E-state index is 13.1. The fourth-order valence-corrected chi connectivity index (χ4v) is 3.62. The monoisotopic (exact) mass is 395 g/mol. The van der Waals surface area contributed by atoms with Crippen LogP contribution in [0.3, 0.4) is 0 Å². The minimum absolute atomic E-state index is 0.0158. The SMILES string of the molecule is CCCCOc1cccc([C@H](CC)CC(=O)N2C(=O)OC[C@H]2c2ccccc2)c1. The van der Waals surface area contributed by atoms with Gasteiger partial charge in [0, 0.05) is 6.42 Å². The van der Waals surface area contributed by atoms with Crippen LogP contribution in [-0.4, -0.2) is 30.1 Å². The number of unbranched alkanes of at least 4 members (excludes halogenated alkanes) is 1. The third-order valence-electron chi connectivity index (χ3n) is 5.34. The van der Waals surface area contributed by atoms with E-state index < -0.39 is 6.09 Å². The lowest BCUT2D eigenvalue weighted by Crippen LogP contribution is -2.35. The molecule has 1 aliphatic rings. The summed E-state index contributed by atoms with van der Waals surface area (Å²) in [5.41, 5.74) is 1.96. The fraction of sp³-hybridized carbons (Fsp3) is 0.417. The van der Waals surface area contributed by atoms with Crippen LogP contribution in [0.1, 0.15) is 62.6 Å².